The van der Waals surface area contributed by atoms with Gasteiger partial charge in [0.25, 0.3) is 0 Å². The molecule has 4 heteroatoms. The Hall–Kier alpha value is -1.45. The molecule has 1 atom stereocenters. The number of aromatic nitrogens is 1. The van der Waals surface area contributed by atoms with Crippen molar-refractivity contribution < 1.29 is 9.18 Å². The maximum Gasteiger partial charge on any atom is 0.161 e. The van der Waals surface area contributed by atoms with E-state index < -0.39 is 6.17 Å². The maximum absolute atomic E-state index is 13.2. The van der Waals surface area contributed by atoms with Crippen molar-refractivity contribution in [2.75, 3.05) is 18.0 Å². The monoisotopic (exact) mass is 222 g/mol. The third-order valence-corrected chi connectivity index (χ3v) is 2.84. The SMILES string of the molecule is CC(=O)c1ccc(N2CCCC(F)C2)nc1. The first kappa shape index (κ1) is 11.0. The van der Waals surface area contributed by atoms with Gasteiger partial charge in [0.1, 0.15) is 12.0 Å². The molecule has 1 aliphatic heterocycles. The maximum atomic E-state index is 13.2. The number of alkyl halides is 1. The summed E-state index contributed by atoms with van der Waals surface area (Å²) in [4.78, 5) is 17.2. The van der Waals surface area contributed by atoms with E-state index in [1.807, 2.05) is 4.90 Å². The van der Waals surface area contributed by atoms with Crippen LogP contribution in [0.2, 0.25) is 0 Å². The zero-order valence-electron chi connectivity index (χ0n) is 9.32. The van der Waals surface area contributed by atoms with Gasteiger partial charge in [0, 0.05) is 18.3 Å². The minimum absolute atomic E-state index is 0.000984. The zero-order valence-corrected chi connectivity index (χ0v) is 9.32. The van der Waals surface area contributed by atoms with Crippen molar-refractivity contribution in [1.29, 1.82) is 0 Å². The van der Waals surface area contributed by atoms with Gasteiger partial charge in [-0.3, -0.25) is 4.79 Å². The normalized spacial score (nSPS) is 20.9. The number of halogens is 1. The number of hydrogen-bond donors (Lipinski definition) is 0. The highest BCUT2D eigenvalue weighted by Crippen LogP contribution is 2.19. The molecule has 0 bridgehead atoms. The molecule has 1 aliphatic rings. The van der Waals surface area contributed by atoms with Crippen LogP contribution in [-0.2, 0) is 0 Å². The van der Waals surface area contributed by atoms with Crippen LogP contribution in [0.5, 0.6) is 0 Å². The average molecular weight is 222 g/mol. The van der Waals surface area contributed by atoms with E-state index >= 15 is 0 Å². The summed E-state index contributed by atoms with van der Waals surface area (Å²) in [5.41, 5.74) is 0.595. The van der Waals surface area contributed by atoms with Crippen molar-refractivity contribution in [3.8, 4) is 0 Å². The second-order valence-electron chi connectivity index (χ2n) is 4.15. The van der Waals surface area contributed by atoms with Gasteiger partial charge in [-0.15, -0.1) is 0 Å². The molecule has 0 aliphatic carbocycles. The molecule has 86 valence electrons. The van der Waals surface area contributed by atoms with E-state index in [4.69, 9.17) is 0 Å². The molecular formula is C12H15FN2O. The van der Waals surface area contributed by atoms with Crippen molar-refractivity contribution in [3.63, 3.8) is 0 Å². The molecule has 1 unspecified atom stereocenters. The molecule has 16 heavy (non-hydrogen) atoms. The quantitative estimate of drug-likeness (QED) is 0.719. The highest BCUT2D eigenvalue weighted by molar-refractivity contribution is 5.93. The Morgan fingerprint density at radius 1 is 1.56 bits per heavy atom. The molecule has 1 fully saturated rings. The summed E-state index contributed by atoms with van der Waals surface area (Å²) in [5.74, 6) is 0.758. The highest BCUT2D eigenvalue weighted by atomic mass is 19.1. The smallest absolute Gasteiger partial charge is 0.161 e. The van der Waals surface area contributed by atoms with Gasteiger partial charge >= 0.3 is 0 Å². The predicted octanol–water partition coefficient (Wildman–Crippen LogP) is 2.22. The summed E-state index contributed by atoms with van der Waals surface area (Å²) in [5, 5.41) is 0. The number of hydrogen-bond acceptors (Lipinski definition) is 3. The number of piperidine rings is 1. The largest absolute Gasteiger partial charge is 0.354 e. The lowest BCUT2D eigenvalue weighted by Gasteiger charge is -2.29. The minimum Gasteiger partial charge on any atom is -0.354 e. The Labute approximate surface area is 94.3 Å². The second-order valence-corrected chi connectivity index (χ2v) is 4.15. The number of carbonyl (C=O) groups is 1. The third-order valence-electron chi connectivity index (χ3n) is 2.84. The summed E-state index contributed by atoms with van der Waals surface area (Å²) in [6.45, 7) is 2.76. The van der Waals surface area contributed by atoms with Crippen molar-refractivity contribution in [2.24, 2.45) is 0 Å². The lowest BCUT2D eigenvalue weighted by Crippen LogP contribution is -2.36. The number of pyridine rings is 1. The molecule has 0 saturated carbocycles. The zero-order chi connectivity index (χ0) is 11.5. The van der Waals surface area contributed by atoms with Crippen LogP contribution in [-0.4, -0.2) is 30.0 Å². The van der Waals surface area contributed by atoms with Gasteiger partial charge in [-0.05, 0) is 31.9 Å². The van der Waals surface area contributed by atoms with Crippen LogP contribution in [0.1, 0.15) is 30.1 Å². The predicted molar refractivity (Wildman–Crippen MR) is 60.6 cm³/mol. The van der Waals surface area contributed by atoms with E-state index in [-0.39, 0.29) is 5.78 Å². The molecule has 2 heterocycles. The molecule has 3 nitrogen and oxygen atoms in total. The van der Waals surface area contributed by atoms with E-state index in [9.17, 15) is 9.18 Å². The molecule has 1 aromatic rings. The molecule has 1 aromatic heterocycles. The van der Waals surface area contributed by atoms with Crippen LogP contribution in [0.4, 0.5) is 10.2 Å². The van der Waals surface area contributed by atoms with Gasteiger partial charge < -0.3 is 4.90 Å². The lowest BCUT2D eigenvalue weighted by atomic mass is 10.1. The standard InChI is InChI=1S/C12H15FN2O/c1-9(16)10-4-5-12(14-7-10)15-6-2-3-11(13)8-15/h4-5,7,11H,2-3,6,8H2,1H3. The minimum atomic E-state index is -0.761. The average Bonchev–Trinajstić information content (AvgIpc) is 2.29. The first-order valence-corrected chi connectivity index (χ1v) is 5.53. The van der Waals surface area contributed by atoms with E-state index in [2.05, 4.69) is 4.98 Å². The van der Waals surface area contributed by atoms with Gasteiger partial charge in [0.2, 0.25) is 0 Å². The molecule has 0 amide bonds. The van der Waals surface area contributed by atoms with Crippen LogP contribution in [0.25, 0.3) is 0 Å². The topological polar surface area (TPSA) is 33.2 Å². The fourth-order valence-corrected chi connectivity index (χ4v) is 1.91. The van der Waals surface area contributed by atoms with Crippen LogP contribution in [0, 0.1) is 0 Å². The number of carbonyl (C=O) groups excluding carboxylic acids is 1. The Morgan fingerprint density at radius 2 is 2.38 bits per heavy atom. The molecule has 0 aromatic carbocycles. The van der Waals surface area contributed by atoms with Crippen LogP contribution >= 0.6 is 0 Å². The third kappa shape index (κ3) is 2.38. The fourth-order valence-electron chi connectivity index (χ4n) is 1.91. The summed E-state index contributed by atoms with van der Waals surface area (Å²) < 4.78 is 13.2. The lowest BCUT2D eigenvalue weighted by molar-refractivity contribution is 0.101. The summed E-state index contributed by atoms with van der Waals surface area (Å²) in [6.07, 6.45) is 2.29. The summed E-state index contributed by atoms with van der Waals surface area (Å²) in [7, 11) is 0. The summed E-state index contributed by atoms with van der Waals surface area (Å²) in [6, 6.07) is 3.53. The van der Waals surface area contributed by atoms with Crippen LogP contribution in [0.15, 0.2) is 18.3 Å². The second kappa shape index (κ2) is 4.60. The Morgan fingerprint density at radius 3 is 2.94 bits per heavy atom. The van der Waals surface area contributed by atoms with E-state index in [0.717, 1.165) is 18.8 Å². The van der Waals surface area contributed by atoms with Crippen molar-refractivity contribution in [2.45, 2.75) is 25.9 Å². The molecule has 0 N–H and O–H groups in total. The van der Waals surface area contributed by atoms with Crippen molar-refractivity contribution >= 4 is 11.6 Å². The number of nitrogens with zero attached hydrogens (tertiary/aromatic N) is 2. The molecule has 2 rings (SSSR count). The molecule has 1 saturated heterocycles. The molecular weight excluding hydrogens is 207 g/mol. The van der Waals surface area contributed by atoms with Gasteiger partial charge in [-0.1, -0.05) is 0 Å². The van der Waals surface area contributed by atoms with Crippen molar-refractivity contribution in [1.82, 2.24) is 4.98 Å². The number of rotatable bonds is 2. The van der Waals surface area contributed by atoms with Gasteiger partial charge in [-0.25, -0.2) is 9.37 Å². The number of anilines is 1. The first-order valence-electron chi connectivity index (χ1n) is 5.53. The Kier molecular flexibility index (Phi) is 3.17. The number of ketones is 1. The Balaban J connectivity index is 2.11. The van der Waals surface area contributed by atoms with Gasteiger partial charge in [-0.2, -0.15) is 0 Å². The van der Waals surface area contributed by atoms with E-state index in [1.165, 1.54) is 6.92 Å². The van der Waals surface area contributed by atoms with Crippen molar-refractivity contribution in [3.05, 3.63) is 23.9 Å². The van der Waals surface area contributed by atoms with Crippen LogP contribution < -0.4 is 4.90 Å². The summed E-state index contributed by atoms with van der Waals surface area (Å²) >= 11 is 0. The Bertz CT molecular complexity index is 377. The van der Waals surface area contributed by atoms with Gasteiger partial charge in [0.05, 0.1) is 6.54 Å². The molecule has 0 spiro atoms. The van der Waals surface area contributed by atoms with E-state index in [0.29, 0.717) is 18.5 Å². The fraction of sp³-hybridized carbons (Fsp3) is 0.500. The van der Waals surface area contributed by atoms with Crippen LogP contribution in [0.3, 0.4) is 0 Å². The number of Topliss-reactive ketones (excluding diaryl/α,β-unsaturated/α-hetero) is 1. The van der Waals surface area contributed by atoms with E-state index in [1.54, 1.807) is 18.3 Å². The van der Waals surface area contributed by atoms with Gasteiger partial charge in [0.15, 0.2) is 5.78 Å². The first-order chi connectivity index (χ1) is 7.66. The highest BCUT2D eigenvalue weighted by Gasteiger charge is 2.19. The molecule has 0 radical (unpaired) electrons.